The zero-order chi connectivity index (χ0) is 40.6. The first kappa shape index (κ1) is 40.3. The number of aromatic nitrogens is 2. The minimum atomic E-state index is -0.411. The number of nitrogens with zero attached hydrogens (tertiary/aromatic N) is 5. The van der Waals surface area contributed by atoms with E-state index in [1.807, 2.05) is 59.5 Å². The van der Waals surface area contributed by atoms with Crippen molar-refractivity contribution in [2.75, 3.05) is 79.1 Å². The van der Waals surface area contributed by atoms with Gasteiger partial charge in [0.15, 0.2) is 5.82 Å². The molecule has 58 heavy (non-hydrogen) atoms. The third-order valence-electron chi connectivity index (χ3n) is 10.8. The lowest BCUT2D eigenvalue weighted by atomic mass is 9.89. The summed E-state index contributed by atoms with van der Waals surface area (Å²) < 4.78 is 5.81. The number of piperazine rings is 1. The number of para-hydroxylation sites is 1. The summed E-state index contributed by atoms with van der Waals surface area (Å²) in [6, 6.07) is 21.1. The number of anilines is 7. The summed E-state index contributed by atoms with van der Waals surface area (Å²) in [6.45, 7) is 6.11. The van der Waals surface area contributed by atoms with Crippen molar-refractivity contribution in [2.24, 2.45) is 0 Å². The molecule has 304 valence electrons. The van der Waals surface area contributed by atoms with Crippen LogP contribution < -0.4 is 36.2 Å². The Balaban J connectivity index is 0.935. The van der Waals surface area contributed by atoms with Crippen molar-refractivity contribution < 1.29 is 23.9 Å². The van der Waals surface area contributed by atoms with Crippen LogP contribution in [0, 0.1) is 0 Å². The van der Waals surface area contributed by atoms with Crippen LogP contribution in [0.1, 0.15) is 50.5 Å². The van der Waals surface area contributed by atoms with Crippen molar-refractivity contribution >= 4 is 75.4 Å². The molecule has 1 unspecified atom stereocenters. The van der Waals surface area contributed by atoms with E-state index in [1.54, 1.807) is 14.0 Å². The molecule has 4 heterocycles. The van der Waals surface area contributed by atoms with Gasteiger partial charge in [0.05, 0.1) is 36.9 Å². The molecule has 3 aliphatic rings. The molecule has 3 aromatic carbocycles. The Morgan fingerprint density at radius 3 is 2.33 bits per heavy atom. The van der Waals surface area contributed by atoms with Crippen LogP contribution >= 0.6 is 11.6 Å². The average molecular weight is 809 g/mol. The predicted molar refractivity (Wildman–Crippen MR) is 225 cm³/mol. The molecule has 0 radical (unpaired) electrons. The topological polar surface area (TPSA) is 173 Å². The van der Waals surface area contributed by atoms with E-state index in [0.29, 0.717) is 85.9 Å². The Morgan fingerprint density at radius 2 is 1.64 bits per heavy atom. The number of benzene rings is 3. The van der Waals surface area contributed by atoms with Gasteiger partial charge in [0, 0.05) is 56.5 Å². The summed E-state index contributed by atoms with van der Waals surface area (Å²) in [5, 5.41) is 15.5. The number of hydrogen-bond acceptors (Lipinski definition) is 12. The quantitative estimate of drug-likeness (QED) is 0.104. The maximum Gasteiger partial charge on any atom is 0.249 e. The molecule has 1 aromatic heterocycles. The highest BCUT2D eigenvalue weighted by Gasteiger charge is 2.29. The average Bonchev–Trinajstić information content (AvgIpc) is 3.24. The van der Waals surface area contributed by atoms with Gasteiger partial charge in [-0.15, -0.1) is 0 Å². The van der Waals surface area contributed by atoms with Crippen molar-refractivity contribution in [1.29, 1.82) is 0 Å². The molecule has 3 aliphatic heterocycles. The lowest BCUT2D eigenvalue weighted by Gasteiger charge is -2.39. The fraction of sp³-hybridized carbons (Fsp3) is 0.381. The van der Waals surface area contributed by atoms with E-state index in [0.717, 1.165) is 43.0 Å². The number of nitrogens with one attached hydrogen (secondary N) is 5. The highest BCUT2D eigenvalue weighted by Crippen LogP contribution is 2.39. The van der Waals surface area contributed by atoms with Gasteiger partial charge in [-0.1, -0.05) is 48.9 Å². The van der Waals surface area contributed by atoms with E-state index in [1.165, 1.54) is 11.8 Å². The van der Waals surface area contributed by atoms with Crippen molar-refractivity contribution in [3.05, 3.63) is 83.5 Å². The number of carbonyl (C=O) groups is 4. The van der Waals surface area contributed by atoms with Crippen LogP contribution in [-0.2, 0) is 19.2 Å². The van der Waals surface area contributed by atoms with Gasteiger partial charge in [-0.05, 0) is 74.2 Å². The van der Waals surface area contributed by atoms with Gasteiger partial charge in [0.2, 0.25) is 29.6 Å². The van der Waals surface area contributed by atoms with E-state index < -0.39 is 6.04 Å². The normalized spacial score (nSPS) is 17.7. The first-order valence-corrected chi connectivity index (χ1v) is 20.1. The van der Waals surface area contributed by atoms with Crippen LogP contribution in [0.4, 0.5) is 40.2 Å². The van der Waals surface area contributed by atoms with Crippen LogP contribution in [-0.4, -0.2) is 102 Å². The first-order chi connectivity index (χ1) is 28.1. The second-order valence-electron chi connectivity index (χ2n) is 14.7. The third-order valence-corrected chi connectivity index (χ3v) is 11.1. The molecule has 0 aliphatic carbocycles. The molecule has 0 spiro atoms. The summed E-state index contributed by atoms with van der Waals surface area (Å²) >= 11 is 6.41. The van der Waals surface area contributed by atoms with Crippen LogP contribution in [0.2, 0.25) is 5.02 Å². The Labute approximate surface area is 342 Å². The summed E-state index contributed by atoms with van der Waals surface area (Å²) in [5.74, 6) is 1.11. The monoisotopic (exact) mass is 808 g/mol. The number of piperidine rings is 2. The van der Waals surface area contributed by atoms with Crippen LogP contribution in [0.5, 0.6) is 5.75 Å². The molecule has 4 aromatic rings. The SMILES string of the molecule is CCC(=O)Nc1cc(Nc2ncc(Cl)c(Nc3ccccc3)n2)c(OC)cc1N1CCN(C(=O)CN2CCC(c3ccc(NC4CCC(=O)NC4=O)cc3)CC2)CC1. The summed E-state index contributed by atoms with van der Waals surface area (Å²) in [7, 11) is 1.58. The summed E-state index contributed by atoms with van der Waals surface area (Å²) in [4.78, 5) is 65.1. The molecule has 5 N–H and O–H groups in total. The molecule has 0 bridgehead atoms. The molecular formula is C42H49ClN10O5. The predicted octanol–water partition coefficient (Wildman–Crippen LogP) is 5.72. The number of hydrogen-bond donors (Lipinski definition) is 5. The van der Waals surface area contributed by atoms with Crippen molar-refractivity contribution in [1.82, 2.24) is 25.1 Å². The van der Waals surface area contributed by atoms with E-state index in [2.05, 4.69) is 58.5 Å². The van der Waals surface area contributed by atoms with Gasteiger partial charge < -0.3 is 35.8 Å². The fourth-order valence-electron chi connectivity index (χ4n) is 7.53. The van der Waals surface area contributed by atoms with E-state index in [-0.39, 0.29) is 29.6 Å². The van der Waals surface area contributed by atoms with Gasteiger partial charge in [0.25, 0.3) is 0 Å². The van der Waals surface area contributed by atoms with Crippen molar-refractivity contribution in [3.8, 4) is 5.75 Å². The number of carbonyl (C=O) groups excluding carboxylic acids is 4. The number of ether oxygens (including phenoxy) is 1. The summed E-state index contributed by atoms with van der Waals surface area (Å²) in [5.41, 5.74) is 4.88. The molecule has 16 heteroatoms. The van der Waals surface area contributed by atoms with Crippen LogP contribution in [0.3, 0.4) is 0 Å². The van der Waals surface area contributed by atoms with Crippen LogP contribution in [0.25, 0.3) is 0 Å². The number of rotatable bonds is 13. The standard InChI is InChI=1S/C42H49ClN10O5/c1-3-37(54)47-33-23-34(48-42-44-25-31(43)40(50-42)46-29-7-5-4-6-8-29)36(58-2)24-35(33)52-19-21-53(22-20-52)39(56)26-51-17-15-28(16-18-51)27-9-11-30(12-10-27)45-32-13-14-38(55)49-41(32)57/h4-12,23-25,28,32,45H,3,13-22,26H2,1-2H3,(H,47,54)(H,49,55,57)(H2,44,46,48,50). The van der Waals surface area contributed by atoms with E-state index in [9.17, 15) is 19.2 Å². The number of likely N-dealkylation sites (tertiary alicyclic amines) is 1. The van der Waals surface area contributed by atoms with Gasteiger partial charge in [-0.3, -0.25) is 29.4 Å². The Morgan fingerprint density at radius 1 is 0.897 bits per heavy atom. The van der Waals surface area contributed by atoms with Crippen molar-refractivity contribution in [3.63, 3.8) is 0 Å². The smallest absolute Gasteiger partial charge is 0.249 e. The second kappa shape index (κ2) is 18.6. The van der Waals surface area contributed by atoms with Gasteiger partial charge in [-0.25, -0.2) is 4.98 Å². The minimum absolute atomic E-state index is 0.114. The lowest BCUT2D eigenvalue weighted by molar-refractivity contribution is -0.134. The highest BCUT2D eigenvalue weighted by atomic mass is 35.5. The maximum absolute atomic E-state index is 13.5. The molecule has 4 amide bonds. The zero-order valence-electron chi connectivity index (χ0n) is 32.7. The molecular weight excluding hydrogens is 760 g/mol. The van der Waals surface area contributed by atoms with Crippen LogP contribution in [0.15, 0.2) is 72.9 Å². The highest BCUT2D eigenvalue weighted by molar-refractivity contribution is 6.32. The lowest BCUT2D eigenvalue weighted by Crippen LogP contribution is -2.52. The Kier molecular flexibility index (Phi) is 12.9. The number of amides is 4. The first-order valence-electron chi connectivity index (χ1n) is 19.7. The largest absolute Gasteiger partial charge is 0.494 e. The number of methoxy groups -OCH3 is 1. The van der Waals surface area contributed by atoms with Gasteiger partial charge in [0.1, 0.15) is 16.8 Å². The molecule has 7 rings (SSSR count). The fourth-order valence-corrected chi connectivity index (χ4v) is 7.66. The number of imide groups is 1. The maximum atomic E-state index is 13.5. The minimum Gasteiger partial charge on any atom is -0.494 e. The summed E-state index contributed by atoms with van der Waals surface area (Å²) in [6.07, 6.45) is 4.55. The third kappa shape index (κ3) is 9.95. The van der Waals surface area contributed by atoms with Gasteiger partial charge in [-0.2, -0.15) is 4.98 Å². The Bertz CT molecular complexity index is 2110. The van der Waals surface area contributed by atoms with Crippen molar-refractivity contribution in [2.45, 2.75) is 51.0 Å². The van der Waals surface area contributed by atoms with Gasteiger partial charge >= 0.3 is 0 Å². The van der Waals surface area contributed by atoms with E-state index in [4.69, 9.17) is 16.3 Å². The zero-order valence-corrected chi connectivity index (χ0v) is 33.5. The molecule has 15 nitrogen and oxygen atoms in total. The molecule has 0 saturated carbocycles. The molecule has 3 saturated heterocycles. The Hall–Kier alpha value is -5.93. The second-order valence-corrected chi connectivity index (χ2v) is 15.1. The molecule has 1 atom stereocenters. The van der Waals surface area contributed by atoms with E-state index >= 15 is 0 Å². The number of halogens is 1. The molecule has 3 fully saturated rings.